The Kier molecular flexibility index (Phi) is 7.18. The molecule has 0 aliphatic carbocycles. The summed E-state index contributed by atoms with van der Waals surface area (Å²) in [5, 5.41) is 0. The molecule has 6 N–H and O–H groups in total. The Bertz CT molecular complexity index is 1030. The fourth-order valence-electron chi connectivity index (χ4n) is 2.62. The largest absolute Gasteiger partial charge is 0.470 e. The predicted molar refractivity (Wildman–Crippen MR) is 113 cm³/mol. The standard InChI is InChI=1S/C18H24N2O8S2/c1-3-17(29(21,22)23)27-15-9-11(5-7-13(15)19)12-6-8-14(20)16(10-12)28-18(4-2)30(24,25)26/h5-10,17-18H,3-4,19-20H2,1-2H3,(H,21,22,23)(H,24,25,26). The van der Waals surface area contributed by atoms with Gasteiger partial charge in [-0.05, 0) is 48.2 Å². The van der Waals surface area contributed by atoms with Crippen molar-refractivity contribution in [2.45, 2.75) is 37.6 Å². The third kappa shape index (κ3) is 5.75. The fraction of sp³-hybridized carbons (Fsp3) is 0.333. The number of nitrogens with two attached hydrogens (primary N) is 2. The molecule has 12 heteroatoms. The summed E-state index contributed by atoms with van der Waals surface area (Å²) in [6.45, 7) is 3.06. The molecule has 0 radical (unpaired) electrons. The first kappa shape index (κ1) is 23.7. The summed E-state index contributed by atoms with van der Waals surface area (Å²) in [5.74, 6) is 0.0845. The Morgan fingerprint density at radius 2 is 1.10 bits per heavy atom. The number of benzene rings is 2. The van der Waals surface area contributed by atoms with Crippen LogP contribution in [0, 0.1) is 0 Å². The van der Waals surface area contributed by atoms with Gasteiger partial charge in [0.15, 0.2) is 0 Å². The van der Waals surface area contributed by atoms with Gasteiger partial charge in [-0.1, -0.05) is 26.0 Å². The lowest BCUT2D eigenvalue weighted by Crippen LogP contribution is -2.26. The van der Waals surface area contributed by atoms with Crippen molar-refractivity contribution < 1.29 is 35.4 Å². The molecule has 2 aromatic carbocycles. The third-order valence-corrected chi connectivity index (χ3v) is 6.40. The van der Waals surface area contributed by atoms with Crippen molar-refractivity contribution in [1.29, 1.82) is 0 Å². The quantitative estimate of drug-likeness (QED) is 0.321. The van der Waals surface area contributed by atoms with E-state index in [0.717, 1.165) is 0 Å². The first-order valence-corrected chi connectivity index (χ1v) is 11.9. The Balaban J connectivity index is 2.43. The normalized spacial score (nSPS) is 14.1. The van der Waals surface area contributed by atoms with E-state index < -0.39 is 31.1 Å². The van der Waals surface area contributed by atoms with Gasteiger partial charge in [0, 0.05) is 0 Å². The van der Waals surface area contributed by atoms with Crippen molar-refractivity contribution >= 4 is 31.6 Å². The van der Waals surface area contributed by atoms with Crippen LogP contribution in [0.2, 0.25) is 0 Å². The highest BCUT2D eigenvalue weighted by Gasteiger charge is 2.25. The minimum Gasteiger partial charge on any atom is -0.470 e. The zero-order chi connectivity index (χ0) is 22.7. The maximum atomic E-state index is 11.4. The van der Waals surface area contributed by atoms with Crippen LogP contribution in [0.3, 0.4) is 0 Å². The summed E-state index contributed by atoms with van der Waals surface area (Å²) in [6.07, 6.45) is -0.00714. The second-order valence-corrected chi connectivity index (χ2v) is 9.56. The van der Waals surface area contributed by atoms with Crippen molar-refractivity contribution in [1.82, 2.24) is 0 Å². The van der Waals surface area contributed by atoms with E-state index in [9.17, 15) is 25.9 Å². The SMILES string of the molecule is CCC(Oc1cc(-c2ccc(N)c(OC(CC)S(=O)(=O)O)c2)ccc1N)S(=O)(=O)O. The van der Waals surface area contributed by atoms with Gasteiger partial charge in [-0.3, -0.25) is 9.11 Å². The summed E-state index contributed by atoms with van der Waals surface area (Å²) in [5.41, 5.74) is 10.1. The van der Waals surface area contributed by atoms with Crippen LogP contribution in [0.5, 0.6) is 11.5 Å². The average molecular weight is 461 g/mol. The van der Waals surface area contributed by atoms with Crippen molar-refractivity contribution in [3.63, 3.8) is 0 Å². The van der Waals surface area contributed by atoms with E-state index in [4.69, 9.17) is 20.9 Å². The Morgan fingerprint density at radius 3 is 1.37 bits per heavy atom. The number of nitrogen functional groups attached to an aromatic ring is 2. The molecule has 30 heavy (non-hydrogen) atoms. The molecule has 0 fully saturated rings. The van der Waals surface area contributed by atoms with Crippen LogP contribution in [-0.2, 0) is 20.2 Å². The van der Waals surface area contributed by atoms with E-state index in [2.05, 4.69) is 0 Å². The first-order valence-electron chi connectivity index (χ1n) is 8.92. The molecule has 0 saturated carbocycles. The molecular weight excluding hydrogens is 436 g/mol. The molecular formula is C18H24N2O8S2. The molecule has 0 saturated heterocycles. The van der Waals surface area contributed by atoms with Crippen molar-refractivity contribution in [2.75, 3.05) is 11.5 Å². The van der Waals surface area contributed by atoms with Crippen LogP contribution in [0.25, 0.3) is 11.1 Å². The summed E-state index contributed by atoms with van der Waals surface area (Å²) in [7, 11) is -8.89. The summed E-state index contributed by atoms with van der Waals surface area (Å²) < 4.78 is 74.9. The number of ether oxygens (including phenoxy) is 2. The molecule has 10 nitrogen and oxygen atoms in total. The molecule has 2 aromatic rings. The van der Waals surface area contributed by atoms with Gasteiger partial charge in [0.2, 0.25) is 10.9 Å². The van der Waals surface area contributed by atoms with Gasteiger partial charge in [-0.15, -0.1) is 0 Å². The Labute approximate surface area is 175 Å². The van der Waals surface area contributed by atoms with E-state index in [0.29, 0.717) is 11.1 Å². The van der Waals surface area contributed by atoms with Gasteiger partial charge in [0.05, 0.1) is 11.4 Å². The van der Waals surface area contributed by atoms with Crippen molar-refractivity contribution in [3.8, 4) is 22.6 Å². The predicted octanol–water partition coefficient (Wildman–Crippen LogP) is 2.52. The van der Waals surface area contributed by atoms with Crippen molar-refractivity contribution in [3.05, 3.63) is 36.4 Å². The van der Waals surface area contributed by atoms with Crippen LogP contribution in [0.15, 0.2) is 36.4 Å². The molecule has 0 aliphatic rings. The zero-order valence-electron chi connectivity index (χ0n) is 16.3. The number of anilines is 2. The van der Waals surface area contributed by atoms with E-state index in [1.807, 2.05) is 0 Å². The van der Waals surface area contributed by atoms with Crippen LogP contribution >= 0.6 is 0 Å². The molecule has 0 spiro atoms. The number of hydrogen-bond donors (Lipinski definition) is 4. The first-order chi connectivity index (χ1) is 13.9. The molecule has 166 valence electrons. The molecule has 0 amide bonds. The topological polar surface area (TPSA) is 179 Å². The minimum atomic E-state index is -4.45. The van der Waals surface area contributed by atoms with Gasteiger partial charge in [0.25, 0.3) is 0 Å². The maximum Gasteiger partial charge on any atom is 0.303 e. The monoisotopic (exact) mass is 460 g/mol. The smallest absolute Gasteiger partial charge is 0.303 e. The Hall–Kier alpha value is -2.54. The van der Waals surface area contributed by atoms with Gasteiger partial charge in [0.1, 0.15) is 11.5 Å². The second-order valence-electron chi connectivity index (χ2n) is 6.45. The molecule has 0 heterocycles. The zero-order valence-corrected chi connectivity index (χ0v) is 18.0. The second kappa shape index (κ2) is 9.08. The summed E-state index contributed by atoms with van der Waals surface area (Å²) >= 11 is 0. The van der Waals surface area contributed by atoms with Gasteiger partial charge < -0.3 is 20.9 Å². The minimum absolute atomic E-state index is 0.00357. The van der Waals surface area contributed by atoms with E-state index >= 15 is 0 Å². The number of rotatable bonds is 9. The number of hydrogen-bond acceptors (Lipinski definition) is 8. The lowest BCUT2D eigenvalue weighted by Gasteiger charge is -2.18. The van der Waals surface area contributed by atoms with Crippen molar-refractivity contribution in [2.24, 2.45) is 0 Å². The summed E-state index contributed by atoms with van der Waals surface area (Å²) in [6, 6.07) is 9.19. The average Bonchev–Trinajstić information content (AvgIpc) is 2.64. The molecule has 0 aromatic heterocycles. The molecule has 0 aliphatic heterocycles. The third-order valence-electron chi connectivity index (χ3n) is 4.21. The fourth-order valence-corrected chi connectivity index (χ4v) is 3.92. The van der Waals surface area contributed by atoms with E-state index in [-0.39, 0.29) is 35.7 Å². The van der Waals surface area contributed by atoms with Crippen LogP contribution < -0.4 is 20.9 Å². The highest BCUT2D eigenvalue weighted by Crippen LogP contribution is 2.34. The lowest BCUT2D eigenvalue weighted by molar-refractivity contribution is 0.254. The van der Waals surface area contributed by atoms with Gasteiger partial charge in [-0.2, -0.15) is 16.8 Å². The van der Waals surface area contributed by atoms with E-state index in [1.165, 1.54) is 38.1 Å². The Morgan fingerprint density at radius 1 is 0.767 bits per heavy atom. The van der Waals surface area contributed by atoms with Gasteiger partial charge in [-0.25, -0.2) is 0 Å². The van der Waals surface area contributed by atoms with Crippen LogP contribution in [-0.4, -0.2) is 36.8 Å². The molecule has 2 rings (SSSR count). The molecule has 2 unspecified atom stereocenters. The maximum absolute atomic E-state index is 11.4. The van der Waals surface area contributed by atoms with Crippen LogP contribution in [0.1, 0.15) is 26.7 Å². The summed E-state index contributed by atoms with van der Waals surface area (Å²) in [4.78, 5) is 0. The lowest BCUT2D eigenvalue weighted by atomic mass is 10.0. The van der Waals surface area contributed by atoms with Gasteiger partial charge >= 0.3 is 20.2 Å². The highest BCUT2D eigenvalue weighted by molar-refractivity contribution is 7.86. The molecule has 2 atom stereocenters. The highest BCUT2D eigenvalue weighted by atomic mass is 32.2. The molecule has 0 bridgehead atoms. The van der Waals surface area contributed by atoms with Crippen LogP contribution in [0.4, 0.5) is 11.4 Å². The van der Waals surface area contributed by atoms with E-state index in [1.54, 1.807) is 12.1 Å².